The molecule has 7 heteroatoms. The van der Waals surface area contributed by atoms with Crippen LogP contribution in [-0.4, -0.2) is 17.7 Å². The van der Waals surface area contributed by atoms with Gasteiger partial charge in [0.25, 0.3) is 17.7 Å². The minimum atomic E-state index is -1.01. The molecule has 39 heavy (non-hydrogen) atoms. The summed E-state index contributed by atoms with van der Waals surface area (Å²) in [5, 5.41) is 10.6. The van der Waals surface area contributed by atoms with Crippen LogP contribution in [-0.2, 0) is 4.79 Å². The normalized spacial score (nSPS) is 11.4. The minimum Gasteiger partial charge on any atom is -0.397 e. The zero-order chi connectivity index (χ0) is 27.2. The van der Waals surface area contributed by atoms with Crippen molar-refractivity contribution in [1.29, 1.82) is 0 Å². The molecule has 0 radical (unpaired) electrons. The average molecular weight is 515 g/mol. The van der Waals surface area contributed by atoms with Gasteiger partial charge in [0.2, 0.25) is 0 Å². The van der Waals surface area contributed by atoms with E-state index in [0.717, 1.165) is 10.8 Å². The Hall–Kier alpha value is -5.43. The van der Waals surface area contributed by atoms with Gasteiger partial charge in [0.1, 0.15) is 6.04 Å². The van der Waals surface area contributed by atoms with Gasteiger partial charge in [-0.2, -0.15) is 0 Å². The number of rotatable bonds is 7. The van der Waals surface area contributed by atoms with E-state index in [-0.39, 0.29) is 5.91 Å². The lowest BCUT2D eigenvalue weighted by Gasteiger charge is -2.20. The minimum absolute atomic E-state index is 0.343. The van der Waals surface area contributed by atoms with Crippen LogP contribution in [0.5, 0.6) is 0 Å². The molecule has 1 atom stereocenters. The Kier molecular flexibility index (Phi) is 7.32. The van der Waals surface area contributed by atoms with Gasteiger partial charge in [-0.25, -0.2) is 0 Å². The van der Waals surface area contributed by atoms with Crippen molar-refractivity contribution in [2.45, 2.75) is 6.04 Å². The maximum absolute atomic E-state index is 13.5. The molecule has 5 aromatic rings. The zero-order valence-electron chi connectivity index (χ0n) is 20.9. The predicted octanol–water partition coefficient (Wildman–Crippen LogP) is 5.78. The maximum Gasteiger partial charge on any atom is 0.255 e. The molecule has 5 rings (SSSR count). The number of anilines is 3. The van der Waals surface area contributed by atoms with Crippen molar-refractivity contribution in [2.75, 3.05) is 16.4 Å². The van der Waals surface area contributed by atoms with Crippen molar-refractivity contribution in [3.63, 3.8) is 0 Å². The van der Waals surface area contributed by atoms with Crippen molar-refractivity contribution in [2.24, 2.45) is 0 Å². The molecule has 0 aliphatic rings. The molecule has 0 heterocycles. The van der Waals surface area contributed by atoms with Crippen molar-refractivity contribution >= 4 is 45.6 Å². The second kappa shape index (κ2) is 11.3. The fourth-order valence-corrected chi connectivity index (χ4v) is 4.22. The van der Waals surface area contributed by atoms with Gasteiger partial charge in [-0.1, -0.05) is 72.8 Å². The summed E-state index contributed by atoms with van der Waals surface area (Å²) in [7, 11) is 0. The Balaban J connectivity index is 1.39. The summed E-state index contributed by atoms with van der Waals surface area (Å²) in [5.41, 5.74) is 8.83. The Morgan fingerprint density at radius 3 is 1.97 bits per heavy atom. The second-order valence-electron chi connectivity index (χ2n) is 8.99. The Bertz CT molecular complexity index is 1650. The van der Waals surface area contributed by atoms with Crippen LogP contribution in [0.25, 0.3) is 10.8 Å². The van der Waals surface area contributed by atoms with E-state index < -0.39 is 17.9 Å². The van der Waals surface area contributed by atoms with Gasteiger partial charge in [0.05, 0.1) is 11.4 Å². The smallest absolute Gasteiger partial charge is 0.255 e. The van der Waals surface area contributed by atoms with Crippen molar-refractivity contribution in [3.05, 3.63) is 138 Å². The van der Waals surface area contributed by atoms with Crippen LogP contribution in [0.1, 0.15) is 32.3 Å². The maximum atomic E-state index is 13.5. The van der Waals surface area contributed by atoms with Crippen LogP contribution in [0, 0.1) is 0 Å². The van der Waals surface area contributed by atoms with Crippen molar-refractivity contribution < 1.29 is 14.4 Å². The van der Waals surface area contributed by atoms with E-state index in [1.54, 1.807) is 72.8 Å². The van der Waals surface area contributed by atoms with E-state index in [1.165, 1.54) is 0 Å². The van der Waals surface area contributed by atoms with Gasteiger partial charge in [-0.3, -0.25) is 14.4 Å². The molecule has 1 unspecified atom stereocenters. The molecule has 0 saturated heterocycles. The fourth-order valence-electron chi connectivity index (χ4n) is 4.22. The molecule has 5 aromatic carbocycles. The molecule has 0 saturated carbocycles. The molecule has 5 N–H and O–H groups in total. The van der Waals surface area contributed by atoms with Gasteiger partial charge in [-0.05, 0) is 64.9 Å². The number of nitrogens with one attached hydrogen (secondary N) is 3. The molecule has 0 bridgehead atoms. The summed E-state index contributed by atoms with van der Waals surface area (Å²) in [4.78, 5) is 39.3. The summed E-state index contributed by atoms with van der Waals surface area (Å²) in [6.45, 7) is 0. The average Bonchev–Trinajstić information content (AvgIpc) is 2.97. The van der Waals surface area contributed by atoms with Crippen LogP contribution in [0.4, 0.5) is 17.1 Å². The number of hydrogen-bond acceptors (Lipinski definition) is 4. The van der Waals surface area contributed by atoms with Gasteiger partial charge in [0.15, 0.2) is 0 Å². The number of amides is 3. The molecule has 7 nitrogen and oxygen atoms in total. The third-order valence-corrected chi connectivity index (χ3v) is 6.31. The first-order valence-corrected chi connectivity index (χ1v) is 12.4. The summed E-state index contributed by atoms with van der Waals surface area (Å²) in [5.74, 6) is -1.15. The Labute approximate surface area is 225 Å². The molecule has 3 amide bonds. The van der Waals surface area contributed by atoms with E-state index in [2.05, 4.69) is 16.0 Å². The predicted molar refractivity (Wildman–Crippen MR) is 154 cm³/mol. The first-order chi connectivity index (χ1) is 19.0. The van der Waals surface area contributed by atoms with E-state index in [9.17, 15) is 14.4 Å². The van der Waals surface area contributed by atoms with Gasteiger partial charge in [0, 0.05) is 16.8 Å². The number of carbonyl (C=O) groups excluding carboxylic acids is 3. The lowest BCUT2D eigenvalue weighted by atomic mass is 10.0. The zero-order valence-corrected chi connectivity index (χ0v) is 20.9. The topological polar surface area (TPSA) is 113 Å². The molecule has 0 aliphatic carbocycles. The van der Waals surface area contributed by atoms with Crippen LogP contribution in [0.2, 0.25) is 0 Å². The number of fused-ring (bicyclic) bond motifs is 1. The Morgan fingerprint density at radius 1 is 0.590 bits per heavy atom. The lowest BCUT2D eigenvalue weighted by molar-refractivity contribution is -0.118. The van der Waals surface area contributed by atoms with Gasteiger partial charge >= 0.3 is 0 Å². The SMILES string of the molecule is Nc1ccccc1NC(=O)c1ccc(C(NC(=O)c2ccccc2)C(=O)Nc2ccc3ccccc3c2)cc1. The van der Waals surface area contributed by atoms with E-state index >= 15 is 0 Å². The van der Waals surface area contributed by atoms with Crippen LogP contribution in [0.3, 0.4) is 0 Å². The number of nitrogen functional groups attached to an aromatic ring is 1. The molecule has 0 spiro atoms. The second-order valence-corrected chi connectivity index (χ2v) is 8.99. The van der Waals surface area contributed by atoms with E-state index in [4.69, 9.17) is 5.73 Å². The van der Waals surface area contributed by atoms with Crippen LogP contribution < -0.4 is 21.7 Å². The number of benzene rings is 5. The van der Waals surface area contributed by atoms with Crippen molar-refractivity contribution in [1.82, 2.24) is 5.32 Å². The monoisotopic (exact) mass is 514 g/mol. The highest BCUT2D eigenvalue weighted by atomic mass is 16.2. The lowest BCUT2D eigenvalue weighted by Crippen LogP contribution is -2.37. The highest BCUT2D eigenvalue weighted by Crippen LogP contribution is 2.23. The van der Waals surface area contributed by atoms with Crippen LogP contribution in [0.15, 0.2) is 121 Å². The van der Waals surface area contributed by atoms with Gasteiger partial charge in [-0.15, -0.1) is 0 Å². The highest BCUT2D eigenvalue weighted by molar-refractivity contribution is 6.06. The van der Waals surface area contributed by atoms with Crippen LogP contribution >= 0.6 is 0 Å². The summed E-state index contributed by atoms with van der Waals surface area (Å²) in [6, 6.07) is 34.6. The highest BCUT2D eigenvalue weighted by Gasteiger charge is 2.24. The summed E-state index contributed by atoms with van der Waals surface area (Å²) >= 11 is 0. The largest absolute Gasteiger partial charge is 0.397 e. The molecule has 192 valence electrons. The van der Waals surface area contributed by atoms with Gasteiger partial charge < -0.3 is 21.7 Å². The standard InChI is InChI=1S/C32H26N4O3/c33-27-12-6-7-13-28(27)35-30(37)24-16-14-22(15-17-24)29(36-31(38)23-9-2-1-3-10-23)32(39)34-26-19-18-21-8-4-5-11-25(21)20-26/h1-20,29H,33H2,(H,34,39)(H,35,37)(H,36,38). The molecular weight excluding hydrogens is 488 g/mol. The summed E-state index contributed by atoms with van der Waals surface area (Å²) in [6.07, 6.45) is 0. The number of carbonyl (C=O) groups is 3. The quantitative estimate of drug-likeness (QED) is 0.206. The molecular formula is C32H26N4O3. The first kappa shape index (κ1) is 25.2. The fraction of sp³-hybridized carbons (Fsp3) is 0.0312. The first-order valence-electron chi connectivity index (χ1n) is 12.4. The van der Waals surface area contributed by atoms with E-state index in [0.29, 0.717) is 33.8 Å². The number of nitrogens with two attached hydrogens (primary N) is 1. The van der Waals surface area contributed by atoms with E-state index in [1.807, 2.05) is 48.5 Å². The number of hydrogen-bond donors (Lipinski definition) is 4. The Morgan fingerprint density at radius 2 is 1.23 bits per heavy atom. The molecule has 0 fully saturated rings. The molecule has 0 aliphatic heterocycles. The third kappa shape index (κ3) is 5.94. The third-order valence-electron chi connectivity index (χ3n) is 6.31. The van der Waals surface area contributed by atoms with Crippen molar-refractivity contribution in [3.8, 4) is 0 Å². The molecule has 0 aromatic heterocycles. The number of para-hydroxylation sites is 2. The summed E-state index contributed by atoms with van der Waals surface area (Å²) < 4.78 is 0.